The van der Waals surface area contributed by atoms with Crippen molar-refractivity contribution < 1.29 is 9.90 Å². The van der Waals surface area contributed by atoms with E-state index >= 15 is 0 Å². The average Bonchev–Trinajstić information content (AvgIpc) is 2.64. The number of carboxylic acid groups (broad SMARTS) is 1. The van der Waals surface area contributed by atoms with E-state index in [-0.39, 0.29) is 5.92 Å². The molecule has 14 heavy (non-hydrogen) atoms. The molecule has 0 spiro atoms. The van der Waals surface area contributed by atoms with E-state index in [0.717, 1.165) is 25.8 Å². The Labute approximate surface area is 86.1 Å². The van der Waals surface area contributed by atoms with Crippen LogP contribution in [-0.2, 0) is 4.79 Å². The Morgan fingerprint density at radius 2 is 2.00 bits per heavy atom. The van der Waals surface area contributed by atoms with Crippen LogP contribution in [0.4, 0.5) is 0 Å². The molecular weight excluding hydrogens is 178 g/mol. The lowest BCUT2D eigenvalue weighted by Gasteiger charge is -2.17. The van der Waals surface area contributed by atoms with Crippen molar-refractivity contribution in [2.75, 3.05) is 19.6 Å². The highest BCUT2D eigenvalue weighted by Crippen LogP contribution is 2.15. The fraction of sp³-hybridized carbons (Fsp3) is 0.909. The Kier molecular flexibility index (Phi) is 4.94. The second-order valence-corrected chi connectivity index (χ2v) is 4.16. The molecule has 3 heteroatoms. The SMILES string of the molecule is CCC[C@@H](CCN1CCCC1)C(=O)O. The Hall–Kier alpha value is -0.570. The summed E-state index contributed by atoms with van der Waals surface area (Å²) in [6.07, 6.45) is 5.18. The Balaban J connectivity index is 2.21. The Morgan fingerprint density at radius 1 is 1.36 bits per heavy atom. The molecule has 0 amide bonds. The van der Waals surface area contributed by atoms with E-state index in [1.54, 1.807) is 0 Å². The predicted molar refractivity (Wildman–Crippen MR) is 56.3 cm³/mol. The van der Waals surface area contributed by atoms with Gasteiger partial charge in [0.2, 0.25) is 0 Å². The minimum Gasteiger partial charge on any atom is -0.481 e. The van der Waals surface area contributed by atoms with Gasteiger partial charge in [-0.3, -0.25) is 4.79 Å². The maximum atomic E-state index is 10.9. The van der Waals surface area contributed by atoms with Crippen molar-refractivity contribution in [3.8, 4) is 0 Å². The molecule has 0 aromatic carbocycles. The number of hydrogen-bond donors (Lipinski definition) is 1. The first kappa shape index (κ1) is 11.5. The number of aliphatic carboxylic acids is 1. The monoisotopic (exact) mass is 199 g/mol. The summed E-state index contributed by atoms with van der Waals surface area (Å²) in [5, 5.41) is 8.96. The van der Waals surface area contributed by atoms with Gasteiger partial charge in [0, 0.05) is 0 Å². The largest absolute Gasteiger partial charge is 0.481 e. The lowest BCUT2D eigenvalue weighted by Crippen LogP contribution is -2.25. The first-order valence-electron chi connectivity index (χ1n) is 5.69. The third-order valence-corrected chi connectivity index (χ3v) is 2.98. The zero-order valence-electron chi connectivity index (χ0n) is 9.04. The van der Waals surface area contributed by atoms with Crippen LogP contribution in [0.3, 0.4) is 0 Å². The van der Waals surface area contributed by atoms with Crippen molar-refractivity contribution in [1.82, 2.24) is 4.90 Å². The summed E-state index contributed by atoms with van der Waals surface area (Å²) >= 11 is 0. The minimum atomic E-state index is -0.619. The molecule has 1 atom stereocenters. The number of likely N-dealkylation sites (tertiary alicyclic amines) is 1. The molecule has 0 radical (unpaired) electrons. The van der Waals surface area contributed by atoms with Crippen LogP contribution in [0.5, 0.6) is 0 Å². The van der Waals surface area contributed by atoms with E-state index in [1.807, 2.05) is 6.92 Å². The van der Waals surface area contributed by atoms with Gasteiger partial charge >= 0.3 is 5.97 Å². The van der Waals surface area contributed by atoms with Gasteiger partial charge in [0.1, 0.15) is 0 Å². The molecule has 0 aromatic rings. The highest BCUT2D eigenvalue weighted by atomic mass is 16.4. The van der Waals surface area contributed by atoms with Crippen LogP contribution in [0.2, 0.25) is 0 Å². The van der Waals surface area contributed by atoms with E-state index in [4.69, 9.17) is 5.11 Å². The first-order valence-corrected chi connectivity index (χ1v) is 5.69. The lowest BCUT2D eigenvalue weighted by molar-refractivity contribution is -0.142. The van der Waals surface area contributed by atoms with Gasteiger partial charge in [-0.15, -0.1) is 0 Å². The number of nitrogens with zero attached hydrogens (tertiary/aromatic N) is 1. The molecule has 1 N–H and O–H groups in total. The number of carboxylic acids is 1. The van der Waals surface area contributed by atoms with Crippen molar-refractivity contribution in [2.45, 2.75) is 39.0 Å². The van der Waals surface area contributed by atoms with Gasteiger partial charge in [0.15, 0.2) is 0 Å². The van der Waals surface area contributed by atoms with E-state index in [2.05, 4.69) is 4.90 Å². The molecule has 0 aliphatic carbocycles. The van der Waals surface area contributed by atoms with Gasteiger partial charge in [-0.1, -0.05) is 13.3 Å². The summed E-state index contributed by atoms with van der Waals surface area (Å²) in [5.41, 5.74) is 0. The van der Waals surface area contributed by atoms with Crippen LogP contribution >= 0.6 is 0 Å². The fourth-order valence-corrected chi connectivity index (χ4v) is 2.08. The number of carbonyl (C=O) groups is 1. The van der Waals surface area contributed by atoms with Crippen LogP contribution in [0, 0.1) is 5.92 Å². The van der Waals surface area contributed by atoms with Crippen LogP contribution in [-0.4, -0.2) is 35.6 Å². The van der Waals surface area contributed by atoms with Crippen LogP contribution in [0.15, 0.2) is 0 Å². The molecule has 3 nitrogen and oxygen atoms in total. The van der Waals surface area contributed by atoms with E-state index < -0.39 is 5.97 Å². The molecule has 1 rings (SSSR count). The maximum absolute atomic E-state index is 10.9. The lowest BCUT2D eigenvalue weighted by atomic mass is 10.00. The quantitative estimate of drug-likeness (QED) is 0.711. The summed E-state index contributed by atoms with van der Waals surface area (Å²) in [5.74, 6) is -0.744. The second kappa shape index (κ2) is 6.02. The van der Waals surface area contributed by atoms with Crippen molar-refractivity contribution in [3.63, 3.8) is 0 Å². The van der Waals surface area contributed by atoms with Crippen molar-refractivity contribution in [3.05, 3.63) is 0 Å². The normalized spacial score (nSPS) is 19.8. The molecule has 0 bridgehead atoms. The molecular formula is C11H21NO2. The molecule has 0 unspecified atom stereocenters. The highest BCUT2D eigenvalue weighted by Gasteiger charge is 2.18. The fourth-order valence-electron chi connectivity index (χ4n) is 2.08. The summed E-state index contributed by atoms with van der Waals surface area (Å²) in [7, 11) is 0. The van der Waals surface area contributed by atoms with Gasteiger partial charge in [-0.25, -0.2) is 0 Å². The topological polar surface area (TPSA) is 40.5 Å². The van der Waals surface area contributed by atoms with Crippen molar-refractivity contribution in [2.24, 2.45) is 5.92 Å². The third kappa shape index (κ3) is 3.66. The van der Waals surface area contributed by atoms with Gasteiger partial charge in [-0.05, 0) is 45.3 Å². The second-order valence-electron chi connectivity index (χ2n) is 4.16. The smallest absolute Gasteiger partial charge is 0.306 e. The number of hydrogen-bond acceptors (Lipinski definition) is 2. The summed E-state index contributed by atoms with van der Waals surface area (Å²) in [4.78, 5) is 13.3. The van der Waals surface area contributed by atoms with Crippen LogP contribution in [0.25, 0.3) is 0 Å². The van der Waals surface area contributed by atoms with E-state index in [9.17, 15) is 4.79 Å². The van der Waals surface area contributed by atoms with Crippen molar-refractivity contribution >= 4 is 5.97 Å². The Morgan fingerprint density at radius 3 is 2.50 bits per heavy atom. The van der Waals surface area contributed by atoms with E-state index in [1.165, 1.54) is 25.9 Å². The van der Waals surface area contributed by atoms with Crippen LogP contribution in [0.1, 0.15) is 39.0 Å². The third-order valence-electron chi connectivity index (χ3n) is 2.98. The molecule has 82 valence electrons. The summed E-state index contributed by atoms with van der Waals surface area (Å²) < 4.78 is 0. The minimum absolute atomic E-state index is 0.124. The zero-order chi connectivity index (χ0) is 10.4. The van der Waals surface area contributed by atoms with E-state index in [0.29, 0.717) is 0 Å². The predicted octanol–water partition coefficient (Wildman–Crippen LogP) is 1.97. The Bertz CT molecular complexity index is 176. The first-order chi connectivity index (χ1) is 6.74. The average molecular weight is 199 g/mol. The summed E-state index contributed by atoms with van der Waals surface area (Å²) in [6, 6.07) is 0. The zero-order valence-corrected chi connectivity index (χ0v) is 9.04. The standard InChI is InChI=1S/C11H21NO2/c1-2-5-10(11(13)14)6-9-12-7-3-4-8-12/h10H,2-9H2,1H3,(H,13,14)/t10-/m0/s1. The van der Waals surface area contributed by atoms with Crippen LogP contribution < -0.4 is 0 Å². The van der Waals surface area contributed by atoms with Gasteiger partial charge in [0.25, 0.3) is 0 Å². The van der Waals surface area contributed by atoms with Gasteiger partial charge < -0.3 is 10.0 Å². The van der Waals surface area contributed by atoms with Crippen molar-refractivity contribution in [1.29, 1.82) is 0 Å². The van der Waals surface area contributed by atoms with Gasteiger partial charge in [0.05, 0.1) is 5.92 Å². The molecule has 1 aliphatic heterocycles. The molecule has 0 saturated carbocycles. The molecule has 0 aromatic heterocycles. The van der Waals surface area contributed by atoms with Gasteiger partial charge in [-0.2, -0.15) is 0 Å². The maximum Gasteiger partial charge on any atom is 0.306 e. The molecule has 1 heterocycles. The summed E-state index contributed by atoms with van der Waals surface area (Å²) in [6.45, 7) is 5.35. The molecule has 1 aliphatic rings. The highest BCUT2D eigenvalue weighted by molar-refractivity contribution is 5.69. The molecule has 1 fully saturated rings. The number of rotatable bonds is 6. The molecule has 1 saturated heterocycles.